The average Bonchev–Trinajstić information content (AvgIpc) is 3.43. The van der Waals surface area contributed by atoms with Crippen molar-refractivity contribution in [3.8, 4) is 0 Å². The molecule has 3 rings (SSSR count). The monoisotopic (exact) mass is 356 g/mol. The number of benzene rings is 2. The second-order valence-electron chi connectivity index (χ2n) is 6.00. The maximum absolute atomic E-state index is 12.1. The van der Waals surface area contributed by atoms with Crippen LogP contribution in [0.5, 0.6) is 0 Å². The molecule has 0 heterocycles. The van der Waals surface area contributed by atoms with Crippen LogP contribution in [0, 0.1) is 0 Å². The molecule has 0 aliphatic heterocycles. The molecule has 0 bridgehead atoms. The largest absolute Gasteiger partial charge is 0.348 e. The summed E-state index contributed by atoms with van der Waals surface area (Å²) in [6, 6.07) is 16.2. The molecule has 1 saturated carbocycles. The van der Waals surface area contributed by atoms with Gasteiger partial charge in [0.25, 0.3) is 0 Å². The van der Waals surface area contributed by atoms with Crippen LogP contribution in [-0.2, 0) is 21.4 Å². The van der Waals surface area contributed by atoms with Crippen molar-refractivity contribution < 1.29 is 13.2 Å². The molecule has 0 unspecified atom stereocenters. The smallest absolute Gasteiger partial charge is 0.244 e. The Labute approximate surface area is 147 Å². The van der Waals surface area contributed by atoms with Gasteiger partial charge in [0, 0.05) is 18.7 Å². The molecule has 0 saturated heterocycles. The average molecular weight is 356 g/mol. The highest BCUT2D eigenvalue weighted by Gasteiger charge is 2.27. The topological polar surface area (TPSA) is 75.3 Å². The van der Waals surface area contributed by atoms with Gasteiger partial charge < -0.3 is 5.32 Å². The van der Waals surface area contributed by atoms with E-state index in [1.807, 2.05) is 30.3 Å². The summed E-state index contributed by atoms with van der Waals surface area (Å²) in [5.41, 5.74) is 1.79. The second kappa shape index (κ2) is 7.63. The maximum atomic E-state index is 12.1. The first-order chi connectivity index (χ1) is 12.0. The first kappa shape index (κ1) is 17.4. The second-order valence-corrected chi connectivity index (χ2v) is 7.72. The molecule has 0 atom stereocenters. The Kier molecular flexibility index (Phi) is 5.31. The third-order valence-corrected chi connectivity index (χ3v) is 5.36. The zero-order valence-corrected chi connectivity index (χ0v) is 14.5. The van der Waals surface area contributed by atoms with Crippen LogP contribution in [0.25, 0.3) is 6.08 Å². The van der Waals surface area contributed by atoms with E-state index in [4.69, 9.17) is 0 Å². The van der Waals surface area contributed by atoms with Crippen LogP contribution in [-0.4, -0.2) is 20.4 Å². The van der Waals surface area contributed by atoms with E-state index in [-0.39, 0.29) is 16.8 Å². The van der Waals surface area contributed by atoms with Crippen LogP contribution in [0.1, 0.15) is 24.0 Å². The fourth-order valence-corrected chi connectivity index (χ4v) is 3.56. The van der Waals surface area contributed by atoms with Crippen LogP contribution >= 0.6 is 0 Å². The molecular formula is C19H20N2O3S. The van der Waals surface area contributed by atoms with Gasteiger partial charge in [0.1, 0.15) is 0 Å². The van der Waals surface area contributed by atoms with Crippen molar-refractivity contribution >= 4 is 22.0 Å². The number of carbonyl (C=O) groups excluding carboxylic acids is 1. The molecule has 5 nitrogen and oxygen atoms in total. The zero-order chi connectivity index (χ0) is 17.7. The highest BCUT2D eigenvalue weighted by molar-refractivity contribution is 7.89. The van der Waals surface area contributed by atoms with Crippen molar-refractivity contribution in [1.29, 1.82) is 0 Å². The highest BCUT2D eigenvalue weighted by Crippen LogP contribution is 2.22. The number of carbonyl (C=O) groups is 1. The van der Waals surface area contributed by atoms with Crippen LogP contribution in [0.2, 0.25) is 0 Å². The summed E-state index contributed by atoms with van der Waals surface area (Å²) in [6.45, 7) is 0.342. The summed E-state index contributed by atoms with van der Waals surface area (Å²) in [4.78, 5) is 12.1. The minimum Gasteiger partial charge on any atom is -0.348 e. The van der Waals surface area contributed by atoms with Crippen molar-refractivity contribution in [2.24, 2.45) is 0 Å². The standard InChI is InChI=1S/C19H20N2O3S/c22-19(13-8-15-4-2-1-3-5-15)20-14-16-6-11-18(12-7-16)25(23,24)21-17-9-10-17/h1-8,11-13,17,21H,9-10,14H2,(H,20,22). The van der Waals surface area contributed by atoms with Crippen molar-refractivity contribution in [3.05, 3.63) is 71.8 Å². The molecular weight excluding hydrogens is 336 g/mol. The van der Waals surface area contributed by atoms with Gasteiger partial charge >= 0.3 is 0 Å². The highest BCUT2D eigenvalue weighted by atomic mass is 32.2. The molecule has 2 aromatic carbocycles. The lowest BCUT2D eigenvalue weighted by atomic mass is 10.2. The number of amides is 1. The lowest BCUT2D eigenvalue weighted by Crippen LogP contribution is -2.25. The van der Waals surface area contributed by atoms with Gasteiger partial charge in [0.2, 0.25) is 15.9 Å². The molecule has 1 aliphatic carbocycles. The molecule has 0 spiro atoms. The van der Waals surface area contributed by atoms with Gasteiger partial charge in [-0.3, -0.25) is 4.79 Å². The fraction of sp³-hybridized carbons (Fsp3) is 0.211. The first-order valence-electron chi connectivity index (χ1n) is 8.15. The Morgan fingerprint density at radius 1 is 1.04 bits per heavy atom. The Morgan fingerprint density at radius 2 is 1.72 bits per heavy atom. The molecule has 2 aromatic rings. The van der Waals surface area contributed by atoms with Gasteiger partial charge in [-0.05, 0) is 42.2 Å². The maximum Gasteiger partial charge on any atom is 0.244 e. The van der Waals surface area contributed by atoms with Crippen molar-refractivity contribution in [2.75, 3.05) is 0 Å². The van der Waals surface area contributed by atoms with E-state index in [0.29, 0.717) is 6.54 Å². The molecule has 0 aromatic heterocycles. The molecule has 6 heteroatoms. The Hall–Kier alpha value is -2.44. The van der Waals surface area contributed by atoms with E-state index in [1.165, 1.54) is 6.08 Å². The molecule has 1 amide bonds. The number of hydrogen-bond acceptors (Lipinski definition) is 3. The Balaban J connectivity index is 1.53. The molecule has 0 radical (unpaired) electrons. The molecule has 1 fully saturated rings. The van der Waals surface area contributed by atoms with Crippen molar-refractivity contribution in [2.45, 2.75) is 30.3 Å². The van der Waals surface area contributed by atoms with Crippen LogP contribution in [0.3, 0.4) is 0 Å². The zero-order valence-electron chi connectivity index (χ0n) is 13.7. The molecule has 2 N–H and O–H groups in total. The number of nitrogens with one attached hydrogen (secondary N) is 2. The van der Waals surface area contributed by atoms with Gasteiger partial charge in [-0.2, -0.15) is 0 Å². The lowest BCUT2D eigenvalue weighted by molar-refractivity contribution is -0.116. The van der Waals surface area contributed by atoms with Gasteiger partial charge in [0.15, 0.2) is 0 Å². The number of hydrogen-bond donors (Lipinski definition) is 2. The lowest BCUT2D eigenvalue weighted by Gasteiger charge is -2.07. The first-order valence-corrected chi connectivity index (χ1v) is 9.63. The minimum absolute atomic E-state index is 0.0837. The van der Waals surface area contributed by atoms with Crippen LogP contribution < -0.4 is 10.0 Å². The summed E-state index contributed by atoms with van der Waals surface area (Å²) >= 11 is 0. The van der Waals surface area contributed by atoms with E-state index in [2.05, 4.69) is 10.0 Å². The predicted octanol–water partition coefficient (Wildman–Crippen LogP) is 2.46. The fourth-order valence-electron chi connectivity index (χ4n) is 2.26. The third-order valence-electron chi connectivity index (χ3n) is 3.83. The molecule has 130 valence electrons. The van der Waals surface area contributed by atoms with Crippen LogP contribution in [0.4, 0.5) is 0 Å². The quantitative estimate of drug-likeness (QED) is 0.748. The normalized spacial score (nSPS) is 14.6. The van der Waals surface area contributed by atoms with Gasteiger partial charge in [0.05, 0.1) is 4.90 Å². The van der Waals surface area contributed by atoms with Crippen LogP contribution in [0.15, 0.2) is 65.6 Å². The summed E-state index contributed by atoms with van der Waals surface area (Å²) in [6.07, 6.45) is 5.03. The van der Waals surface area contributed by atoms with Crippen molar-refractivity contribution in [3.63, 3.8) is 0 Å². The van der Waals surface area contributed by atoms with Gasteiger partial charge in [-0.25, -0.2) is 13.1 Å². The summed E-state index contributed by atoms with van der Waals surface area (Å²) in [5, 5.41) is 2.78. The summed E-state index contributed by atoms with van der Waals surface area (Å²) in [5.74, 6) is -0.198. The van der Waals surface area contributed by atoms with Gasteiger partial charge in [-0.1, -0.05) is 42.5 Å². The molecule has 1 aliphatic rings. The SMILES string of the molecule is O=C(C=Cc1ccccc1)NCc1ccc(S(=O)(=O)NC2CC2)cc1. The van der Waals surface area contributed by atoms with E-state index in [1.54, 1.807) is 30.3 Å². The number of sulfonamides is 1. The predicted molar refractivity (Wildman–Crippen MR) is 97.1 cm³/mol. The Bertz CT molecular complexity index is 855. The minimum atomic E-state index is -3.43. The number of rotatable bonds is 7. The third kappa shape index (κ3) is 5.27. The summed E-state index contributed by atoms with van der Waals surface area (Å²) < 4.78 is 26.8. The van der Waals surface area contributed by atoms with E-state index < -0.39 is 10.0 Å². The van der Waals surface area contributed by atoms with E-state index >= 15 is 0 Å². The van der Waals surface area contributed by atoms with Crippen molar-refractivity contribution in [1.82, 2.24) is 10.0 Å². The van der Waals surface area contributed by atoms with E-state index in [0.717, 1.165) is 24.0 Å². The Morgan fingerprint density at radius 3 is 2.36 bits per heavy atom. The van der Waals surface area contributed by atoms with E-state index in [9.17, 15) is 13.2 Å². The molecule has 25 heavy (non-hydrogen) atoms. The van der Waals surface area contributed by atoms with Gasteiger partial charge in [-0.15, -0.1) is 0 Å². The summed E-state index contributed by atoms with van der Waals surface area (Å²) in [7, 11) is -3.43.